The molecule has 0 saturated carbocycles. The van der Waals surface area contributed by atoms with Crippen molar-refractivity contribution in [3.63, 3.8) is 0 Å². The zero-order chi connectivity index (χ0) is 13.1. The van der Waals surface area contributed by atoms with Crippen molar-refractivity contribution >= 4 is 16.9 Å². The van der Waals surface area contributed by atoms with E-state index in [1.165, 1.54) is 0 Å². The molecule has 0 aliphatic heterocycles. The fourth-order valence-corrected chi connectivity index (χ4v) is 1.76. The summed E-state index contributed by atoms with van der Waals surface area (Å²) in [6, 6.07) is 5.81. The van der Waals surface area contributed by atoms with E-state index in [4.69, 9.17) is 15.2 Å². The Hall–Kier alpha value is -2.24. The van der Waals surface area contributed by atoms with Gasteiger partial charge >= 0.3 is 0 Å². The van der Waals surface area contributed by atoms with Crippen LogP contribution in [0.3, 0.4) is 0 Å². The summed E-state index contributed by atoms with van der Waals surface area (Å²) in [5.41, 5.74) is 6.73. The van der Waals surface area contributed by atoms with Crippen LogP contribution in [0.25, 0.3) is 11.0 Å². The van der Waals surface area contributed by atoms with Crippen LogP contribution in [0.1, 0.15) is 6.92 Å². The normalized spacial score (nSPS) is 10.6. The van der Waals surface area contributed by atoms with Gasteiger partial charge in [0, 0.05) is 6.07 Å². The number of benzene rings is 1. The maximum Gasteiger partial charge on any atom is 0.297 e. The minimum Gasteiger partial charge on any atom is -0.497 e. The maximum absolute atomic E-state index is 11.1. The predicted molar refractivity (Wildman–Crippen MR) is 66.6 cm³/mol. The van der Waals surface area contributed by atoms with Crippen LogP contribution >= 0.6 is 0 Å². The molecule has 0 fully saturated rings. The zero-order valence-electron chi connectivity index (χ0n) is 10.3. The molecule has 96 valence electrons. The van der Waals surface area contributed by atoms with Crippen molar-refractivity contribution in [1.82, 2.24) is 9.55 Å². The first-order chi connectivity index (χ1) is 8.65. The van der Waals surface area contributed by atoms with E-state index in [-0.39, 0.29) is 6.54 Å². The molecule has 0 aliphatic carbocycles. The number of nitrogens with two attached hydrogens (primary N) is 1. The van der Waals surface area contributed by atoms with Crippen LogP contribution < -0.4 is 15.2 Å². The van der Waals surface area contributed by atoms with E-state index in [0.29, 0.717) is 18.4 Å². The Morgan fingerprint density at radius 1 is 1.50 bits per heavy atom. The number of amides is 1. The number of fused-ring (bicyclic) bond motifs is 1. The minimum atomic E-state index is -0.446. The lowest BCUT2D eigenvalue weighted by molar-refractivity contribution is -0.118. The minimum absolute atomic E-state index is 0.0268. The molecule has 1 amide bonds. The van der Waals surface area contributed by atoms with Gasteiger partial charge in [-0.1, -0.05) is 0 Å². The average Bonchev–Trinajstić information content (AvgIpc) is 2.67. The van der Waals surface area contributed by atoms with E-state index in [2.05, 4.69) is 4.98 Å². The van der Waals surface area contributed by atoms with Crippen LogP contribution in [-0.2, 0) is 11.3 Å². The Morgan fingerprint density at radius 3 is 2.89 bits per heavy atom. The predicted octanol–water partition coefficient (Wildman–Crippen LogP) is 0.929. The van der Waals surface area contributed by atoms with Gasteiger partial charge in [0.25, 0.3) is 6.01 Å². The number of hydrogen-bond donors (Lipinski definition) is 1. The molecule has 0 bridgehead atoms. The third-order valence-electron chi connectivity index (χ3n) is 2.51. The summed E-state index contributed by atoms with van der Waals surface area (Å²) in [6.07, 6.45) is 0. The van der Waals surface area contributed by atoms with Crippen molar-refractivity contribution in [2.45, 2.75) is 13.5 Å². The molecule has 2 aromatic rings. The smallest absolute Gasteiger partial charge is 0.297 e. The summed E-state index contributed by atoms with van der Waals surface area (Å²) >= 11 is 0. The Morgan fingerprint density at radius 2 is 2.28 bits per heavy atom. The first-order valence-electron chi connectivity index (χ1n) is 5.61. The van der Waals surface area contributed by atoms with Crippen LogP contribution in [0, 0.1) is 0 Å². The maximum atomic E-state index is 11.1. The van der Waals surface area contributed by atoms with E-state index >= 15 is 0 Å². The second-order valence-corrected chi connectivity index (χ2v) is 3.73. The number of nitrogens with zero attached hydrogens (tertiary/aromatic N) is 2. The van der Waals surface area contributed by atoms with Gasteiger partial charge in [-0.25, -0.2) is 0 Å². The highest BCUT2D eigenvalue weighted by molar-refractivity contribution is 5.82. The summed E-state index contributed by atoms with van der Waals surface area (Å²) in [5, 5.41) is 0. The SMILES string of the molecule is CCOc1nc2ccc(OC)cc2n1CC(N)=O. The zero-order valence-corrected chi connectivity index (χ0v) is 10.3. The number of ether oxygens (including phenoxy) is 2. The largest absolute Gasteiger partial charge is 0.497 e. The van der Waals surface area contributed by atoms with Crippen LogP contribution in [-0.4, -0.2) is 29.2 Å². The number of aromatic nitrogens is 2. The number of carbonyl (C=O) groups is 1. The number of carbonyl (C=O) groups excluding carboxylic acids is 1. The first-order valence-corrected chi connectivity index (χ1v) is 5.61. The lowest BCUT2D eigenvalue weighted by Gasteiger charge is -2.06. The monoisotopic (exact) mass is 249 g/mol. The molecule has 2 N–H and O–H groups in total. The Labute approximate surface area is 104 Å². The van der Waals surface area contributed by atoms with Crippen LogP contribution in [0.15, 0.2) is 18.2 Å². The van der Waals surface area contributed by atoms with Crippen LogP contribution in [0.2, 0.25) is 0 Å². The third-order valence-corrected chi connectivity index (χ3v) is 2.51. The second kappa shape index (κ2) is 4.95. The molecule has 0 radical (unpaired) electrons. The molecule has 2 rings (SSSR count). The average molecular weight is 249 g/mol. The van der Waals surface area contributed by atoms with E-state index < -0.39 is 5.91 Å². The molecule has 0 aliphatic rings. The number of hydrogen-bond acceptors (Lipinski definition) is 4. The quantitative estimate of drug-likeness (QED) is 0.854. The van der Waals surface area contributed by atoms with Gasteiger partial charge in [0.2, 0.25) is 5.91 Å². The first kappa shape index (κ1) is 12.2. The molecule has 6 nitrogen and oxygen atoms in total. The number of primary amides is 1. The van der Waals surface area contributed by atoms with E-state index in [0.717, 1.165) is 11.0 Å². The van der Waals surface area contributed by atoms with Gasteiger partial charge < -0.3 is 15.2 Å². The van der Waals surface area contributed by atoms with Crippen molar-refractivity contribution in [3.05, 3.63) is 18.2 Å². The molecule has 6 heteroatoms. The molecule has 18 heavy (non-hydrogen) atoms. The van der Waals surface area contributed by atoms with Gasteiger partial charge in [0.15, 0.2) is 0 Å². The standard InChI is InChI=1S/C12H15N3O3/c1-3-18-12-14-9-5-4-8(17-2)6-10(9)15(12)7-11(13)16/h4-6H,3,7H2,1-2H3,(H2,13,16). The summed E-state index contributed by atoms with van der Waals surface area (Å²) in [6.45, 7) is 2.35. The third kappa shape index (κ3) is 2.22. The van der Waals surface area contributed by atoms with Crippen molar-refractivity contribution in [3.8, 4) is 11.8 Å². The summed E-state index contributed by atoms with van der Waals surface area (Å²) < 4.78 is 12.2. The lowest BCUT2D eigenvalue weighted by Crippen LogP contribution is -2.19. The summed E-state index contributed by atoms with van der Waals surface area (Å²) in [7, 11) is 1.58. The molecular formula is C12H15N3O3. The Kier molecular flexibility index (Phi) is 3.36. The molecule has 0 atom stereocenters. The van der Waals surface area contributed by atoms with E-state index in [9.17, 15) is 4.79 Å². The highest BCUT2D eigenvalue weighted by atomic mass is 16.5. The molecule has 1 aromatic heterocycles. The molecular weight excluding hydrogens is 234 g/mol. The van der Waals surface area contributed by atoms with Crippen molar-refractivity contribution in [1.29, 1.82) is 0 Å². The van der Waals surface area contributed by atoms with Gasteiger partial charge in [-0.05, 0) is 19.1 Å². The van der Waals surface area contributed by atoms with Crippen LogP contribution in [0.5, 0.6) is 11.8 Å². The van der Waals surface area contributed by atoms with Gasteiger partial charge in [-0.15, -0.1) is 0 Å². The number of methoxy groups -OCH3 is 1. The molecule has 1 aromatic carbocycles. The molecule has 0 spiro atoms. The van der Waals surface area contributed by atoms with Crippen LogP contribution in [0.4, 0.5) is 0 Å². The molecule has 0 saturated heterocycles. The highest BCUT2D eigenvalue weighted by Gasteiger charge is 2.14. The lowest BCUT2D eigenvalue weighted by atomic mass is 10.3. The van der Waals surface area contributed by atoms with E-state index in [1.54, 1.807) is 23.8 Å². The van der Waals surface area contributed by atoms with Crippen molar-refractivity contribution in [2.24, 2.45) is 5.73 Å². The van der Waals surface area contributed by atoms with E-state index in [1.807, 2.05) is 13.0 Å². The van der Waals surface area contributed by atoms with Gasteiger partial charge in [-0.2, -0.15) is 4.98 Å². The Balaban J connectivity index is 2.57. The van der Waals surface area contributed by atoms with Gasteiger partial charge in [0.1, 0.15) is 12.3 Å². The van der Waals surface area contributed by atoms with Crippen molar-refractivity contribution in [2.75, 3.05) is 13.7 Å². The fraction of sp³-hybridized carbons (Fsp3) is 0.333. The fourth-order valence-electron chi connectivity index (χ4n) is 1.76. The van der Waals surface area contributed by atoms with Gasteiger partial charge in [0.05, 0.1) is 24.8 Å². The van der Waals surface area contributed by atoms with Gasteiger partial charge in [-0.3, -0.25) is 9.36 Å². The van der Waals surface area contributed by atoms with Crippen molar-refractivity contribution < 1.29 is 14.3 Å². The molecule has 0 unspecified atom stereocenters. The highest BCUT2D eigenvalue weighted by Crippen LogP contribution is 2.25. The molecule has 1 heterocycles. The second-order valence-electron chi connectivity index (χ2n) is 3.73. The Bertz CT molecular complexity index is 577. The summed E-state index contributed by atoms with van der Waals surface area (Å²) in [5.74, 6) is 0.245. The number of imidazole rings is 1. The number of rotatable bonds is 5. The summed E-state index contributed by atoms with van der Waals surface area (Å²) in [4.78, 5) is 15.4. The topological polar surface area (TPSA) is 79.4 Å².